The first kappa shape index (κ1) is 24.9. The predicted molar refractivity (Wildman–Crippen MR) is 141 cm³/mol. The van der Waals surface area contributed by atoms with E-state index in [0.717, 1.165) is 29.7 Å². The number of amides is 1. The Hall–Kier alpha value is -3.23. The first-order valence-corrected chi connectivity index (χ1v) is 12.5. The van der Waals surface area contributed by atoms with Crippen molar-refractivity contribution in [1.29, 1.82) is 0 Å². The summed E-state index contributed by atoms with van der Waals surface area (Å²) in [7, 11) is 0. The van der Waals surface area contributed by atoms with Crippen LogP contribution in [0.25, 0.3) is 0 Å². The highest BCUT2D eigenvalue weighted by Gasteiger charge is 2.33. The molecular formula is C26H26ClN3O4S. The number of phenolic OH excluding ortho intramolecular Hbond substituents is 1. The molecule has 3 aromatic rings. The maximum Gasteiger partial charge on any atom is 0.270 e. The van der Waals surface area contributed by atoms with Gasteiger partial charge in [-0.05, 0) is 66.5 Å². The van der Waals surface area contributed by atoms with E-state index < -0.39 is 4.92 Å². The van der Waals surface area contributed by atoms with Gasteiger partial charge in [-0.2, -0.15) is 0 Å². The normalized spacial score (nSPS) is 15.7. The number of carbonyl (C=O) groups is 1. The number of nitro groups is 1. The van der Waals surface area contributed by atoms with E-state index in [-0.39, 0.29) is 28.3 Å². The second kappa shape index (κ2) is 9.79. The smallest absolute Gasteiger partial charge is 0.270 e. The van der Waals surface area contributed by atoms with Crippen LogP contribution in [-0.2, 0) is 12.8 Å². The lowest BCUT2D eigenvalue weighted by molar-refractivity contribution is -0.384. The second-order valence-electron chi connectivity index (χ2n) is 9.71. The van der Waals surface area contributed by atoms with E-state index in [1.54, 1.807) is 24.3 Å². The van der Waals surface area contributed by atoms with Crippen molar-refractivity contribution in [2.24, 2.45) is 16.3 Å². The minimum atomic E-state index is -0.530. The highest BCUT2D eigenvalue weighted by molar-refractivity contribution is 7.16. The molecule has 1 aliphatic rings. The minimum absolute atomic E-state index is 0.124. The van der Waals surface area contributed by atoms with Crippen molar-refractivity contribution in [3.05, 3.63) is 79.2 Å². The van der Waals surface area contributed by atoms with Crippen molar-refractivity contribution in [3.8, 4) is 5.75 Å². The molecule has 0 spiro atoms. The summed E-state index contributed by atoms with van der Waals surface area (Å²) >= 11 is 7.43. The Bertz CT molecular complexity index is 1310. The molecule has 1 aliphatic carbocycles. The predicted octanol–water partition coefficient (Wildman–Crippen LogP) is 7.17. The van der Waals surface area contributed by atoms with Crippen molar-refractivity contribution >= 4 is 51.4 Å². The Kier molecular flexibility index (Phi) is 6.96. The number of non-ortho nitro benzene ring substituents is 1. The summed E-state index contributed by atoms with van der Waals surface area (Å²) in [5, 5.41) is 25.3. The van der Waals surface area contributed by atoms with Crippen LogP contribution in [0.3, 0.4) is 0 Å². The van der Waals surface area contributed by atoms with E-state index in [9.17, 15) is 20.0 Å². The number of halogens is 1. The van der Waals surface area contributed by atoms with Crippen LogP contribution in [0.4, 0.5) is 16.4 Å². The van der Waals surface area contributed by atoms with Gasteiger partial charge in [-0.15, -0.1) is 11.3 Å². The quantitative estimate of drug-likeness (QED) is 0.215. The molecule has 35 heavy (non-hydrogen) atoms. The SMILES string of the molecule is CC(C)(C)[C@@H]1CCc2c(sc(N=Cc3cc([N+](=O)[O-])ccc3O)c2C(=O)Nc2ccc(Cl)cc2)C1. The number of thiophene rings is 1. The van der Waals surface area contributed by atoms with Crippen molar-refractivity contribution in [3.63, 3.8) is 0 Å². The number of nitrogens with one attached hydrogen (secondary N) is 1. The lowest BCUT2D eigenvalue weighted by atomic mass is 9.72. The average molecular weight is 512 g/mol. The number of rotatable bonds is 5. The van der Waals surface area contributed by atoms with Gasteiger partial charge in [0.2, 0.25) is 0 Å². The Morgan fingerprint density at radius 1 is 1.26 bits per heavy atom. The maximum absolute atomic E-state index is 13.4. The fourth-order valence-electron chi connectivity index (χ4n) is 4.25. The largest absolute Gasteiger partial charge is 0.507 e. The molecule has 0 saturated heterocycles. The van der Waals surface area contributed by atoms with Gasteiger partial charge >= 0.3 is 0 Å². The Morgan fingerprint density at radius 3 is 2.63 bits per heavy atom. The Balaban J connectivity index is 1.73. The topological polar surface area (TPSA) is 105 Å². The monoisotopic (exact) mass is 511 g/mol. The number of nitrogens with zero attached hydrogens (tertiary/aromatic N) is 2. The van der Waals surface area contributed by atoms with Crippen LogP contribution in [-0.4, -0.2) is 22.2 Å². The molecule has 1 amide bonds. The van der Waals surface area contributed by atoms with Crippen LogP contribution in [0.5, 0.6) is 5.75 Å². The van der Waals surface area contributed by atoms with Crippen LogP contribution >= 0.6 is 22.9 Å². The molecular weight excluding hydrogens is 486 g/mol. The van der Waals surface area contributed by atoms with E-state index in [0.29, 0.717) is 27.2 Å². The third kappa shape index (κ3) is 5.55. The molecule has 2 N–H and O–H groups in total. The summed E-state index contributed by atoms with van der Waals surface area (Å²) in [6, 6.07) is 10.6. The summed E-state index contributed by atoms with van der Waals surface area (Å²) in [5.74, 6) is 0.0913. The molecule has 2 aromatic carbocycles. The van der Waals surface area contributed by atoms with Crippen LogP contribution in [0.1, 0.15) is 53.6 Å². The highest BCUT2D eigenvalue weighted by Crippen LogP contribution is 2.45. The lowest BCUT2D eigenvalue weighted by Gasteiger charge is -2.33. The molecule has 1 aromatic heterocycles. The molecule has 0 unspecified atom stereocenters. The molecule has 0 fully saturated rings. The minimum Gasteiger partial charge on any atom is -0.507 e. The number of carbonyl (C=O) groups excluding carboxylic acids is 1. The molecule has 9 heteroatoms. The van der Waals surface area contributed by atoms with Crippen LogP contribution < -0.4 is 5.32 Å². The second-order valence-corrected chi connectivity index (χ2v) is 11.2. The summed E-state index contributed by atoms with van der Waals surface area (Å²) in [4.78, 5) is 29.7. The van der Waals surface area contributed by atoms with Gasteiger partial charge in [0.15, 0.2) is 0 Å². The Morgan fingerprint density at radius 2 is 1.97 bits per heavy atom. The molecule has 7 nitrogen and oxygen atoms in total. The highest BCUT2D eigenvalue weighted by atomic mass is 35.5. The Labute approximate surface area is 212 Å². The van der Waals surface area contributed by atoms with Gasteiger partial charge < -0.3 is 10.4 Å². The number of hydrogen-bond donors (Lipinski definition) is 2. The zero-order valence-corrected chi connectivity index (χ0v) is 21.2. The third-order valence-corrected chi connectivity index (χ3v) is 7.76. The van der Waals surface area contributed by atoms with Gasteiger partial charge in [0.05, 0.1) is 10.5 Å². The van der Waals surface area contributed by atoms with E-state index in [1.165, 1.54) is 35.8 Å². The number of phenols is 1. The van der Waals surface area contributed by atoms with Crippen LogP contribution in [0.2, 0.25) is 5.02 Å². The van der Waals surface area contributed by atoms with Crippen molar-refractivity contribution < 1.29 is 14.8 Å². The number of fused-ring (bicyclic) bond motifs is 1. The van der Waals surface area contributed by atoms with Gasteiger partial charge in [0, 0.05) is 39.5 Å². The lowest BCUT2D eigenvalue weighted by Crippen LogP contribution is -2.27. The summed E-state index contributed by atoms with van der Waals surface area (Å²) in [6.07, 6.45) is 3.99. The molecule has 0 aliphatic heterocycles. The van der Waals surface area contributed by atoms with Gasteiger partial charge in [-0.1, -0.05) is 32.4 Å². The summed E-state index contributed by atoms with van der Waals surface area (Å²) in [5.41, 5.74) is 2.33. The molecule has 0 saturated carbocycles. The van der Waals surface area contributed by atoms with E-state index in [1.807, 2.05) is 0 Å². The first-order valence-electron chi connectivity index (χ1n) is 11.3. The number of anilines is 1. The molecule has 1 heterocycles. The van der Waals surface area contributed by atoms with Gasteiger partial charge in [0.25, 0.3) is 11.6 Å². The fourth-order valence-corrected chi connectivity index (χ4v) is 5.64. The number of hydrogen-bond acceptors (Lipinski definition) is 6. The van der Waals surface area contributed by atoms with Crippen molar-refractivity contribution in [2.75, 3.05) is 5.32 Å². The van der Waals surface area contributed by atoms with Gasteiger partial charge in [0.1, 0.15) is 10.8 Å². The van der Waals surface area contributed by atoms with Crippen LogP contribution in [0.15, 0.2) is 47.5 Å². The number of nitro benzene ring substituents is 1. The number of aliphatic imine (C=N–C) groups is 1. The maximum atomic E-state index is 13.4. The molecule has 1 atom stereocenters. The van der Waals surface area contributed by atoms with Crippen molar-refractivity contribution in [1.82, 2.24) is 0 Å². The van der Waals surface area contributed by atoms with E-state index in [4.69, 9.17) is 11.6 Å². The molecule has 182 valence electrons. The fraction of sp³-hybridized carbons (Fsp3) is 0.308. The summed E-state index contributed by atoms with van der Waals surface area (Å²) < 4.78 is 0. The first-order chi connectivity index (χ1) is 16.5. The number of benzene rings is 2. The standard InChI is InChI=1S/C26H26ClN3O4S/c1-26(2,3)16-4-10-20-22(13-16)35-25(23(20)24(32)29-18-7-5-17(27)6-8-18)28-14-15-12-19(30(33)34)9-11-21(15)31/h5-9,11-12,14,16,31H,4,10,13H2,1-3H3,(H,29,32)/t16-/m1/s1. The number of aromatic hydroxyl groups is 1. The van der Waals surface area contributed by atoms with Crippen molar-refractivity contribution in [2.45, 2.75) is 40.0 Å². The van der Waals surface area contributed by atoms with Gasteiger partial charge in [-0.3, -0.25) is 14.9 Å². The zero-order chi connectivity index (χ0) is 25.3. The summed E-state index contributed by atoms with van der Waals surface area (Å²) in [6.45, 7) is 6.69. The van der Waals surface area contributed by atoms with Gasteiger partial charge in [-0.25, -0.2) is 4.99 Å². The molecule has 0 bridgehead atoms. The third-order valence-electron chi connectivity index (χ3n) is 6.34. The zero-order valence-electron chi connectivity index (χ0n) is 19.7. The molecule has 0 radical (unpaired) electrons. The molecule has 4 rings (SSSR count). The van der Waals surface area contributed by atoms with E-state index in [2.05, 4.69) is 31.1 Å². The van der Waals surface area contributed by atoms with Crippen LogP contribution in [0, 0.1) is 21.4 Å². The average Bonchev–Trinajstić information content (AvgIpc) is 3.17. The van der Waals surface area contributed by atoms with E-state index >= 15 is 0 Å².